The molecule has 0 aliphatic carbocycles. The topological polar surface area (TPSA) is 48.1 Å². The maximum absolute atomic E-state index is 5.87. The monoisotopic (exact) mass is 250 g/mol. The zero-order chi connectivity index (χ0) is 13.8. The minimum atomic E-state index is 0.0112. The molecule has 1 atom stereocenters. The highest BCUT2D eigenvalue weighted by atomic mass is 16.5. The Hall–Kier alpha value is -1.09. The van der Waals surface area contributed by atoms with E-state index in [1.165, 1.54) is 0 Å². The first-order chi connectivity index (χ1) is 8.36. The number of hydrogen-bond donors (Lipinski definition) is 1. The van der Waals surface area contributed by atoms with Gasteiger partial charge in [0.25, 0.3) is 0 Å². The molecule has 0 saturated carbocycles. The molecule has 102 valence electrons. The number of nitrogens with zero attached hydrogens (tertiary/aromatic N) is 1. The van der Waals surface area contributed by atoms with Gasteiger partial charge in [-0.15, -0.1) is 0 Å². The fourth-order valence-electron chi connectivity index (χ4n) is 1.79. The summed E-state index contributed by atoms with van der Waals surface area (Å²) in [6.07, 6.45) is 2.35. The molecule has 0 aliphatic rings. The van der Waals surface area contributed by atoms with Crippen LogP contribution in [-0.2, 0) is 12.0 Å². The summed E-state index contributed by atoms with van der Waals surface area (Å²) in [6, 6.07) is 4.01. The standard InChI is InChI=1S/C15H26N2O/c1-6-7-11(2)18-14-9-12(10-16)8-13(17-14)15(3,4)5/h8-9,11H,6-7,10,16H2,1-5H3. The van der Waals surface area contributed by atoms with Crippen molar-refractivity contribution in [2.45, 2.75) is 65.5 Å². The summed E-state index contributed by atoms with van der Waals surface area (Å²) >= 11 is 0. The van der Waals surface area contributed by atoms with Crippen LogP contribution >= 0.6 is 0 Å². The van der Waals surface area contributed by atoms with Crippen molar-refractivity contribution >= 4 is 0 Å². The van der Waals surface area contributed by atoms with Crippen molar-refractivity contribution in [3.05, 3.63) is 23.4 Å². The van der Waals surface area contributed by atoms with E-state index in [1.54, 1.807) is 0 Å². The third kappa shape index (κ3) is 4.30. The van der Waals surface area contributed by atoms with Crippen LogP contribution < -0.4 is 10.5 Å². The number of aromatic nitrogens is 1. The van der Waals surface area contributed by atoms with Gasteiger partial charge in [0.15, 0.2) is 0 Å². The summed E-state index contributed by atoms with van der Waals surface area (Å²) in [4.78, 5) is 4.60. The molecule has 0 aliphatic heterocycles. The fraction of sp³-hybridized carbons (Fsp3) is 0.667. The lowest BCUT2D eigenvalue weighted by Gasteiger charge is -2.21. The maximum atomic E-state index is 5.87. The van der Waals surface area contributed by atoms with Crippen LogP contribution in [0.5, 0.6) is 5.88 Å². The first-order valence-corrected chi connectivity index (χ1v) is 6.75. The highest BCUT2D eigenvalue weighted by Gasteiger charge is 2.18. The Bertz CT molecular complexity index is 383. The molecular weight excluding hydrogens is 224 g/mol. The van der Waals surface area contributed by atoms with Crippen molar-refractivity contribution in [2.75, 3.05) is 0 Å². The predicted octanol–water partition coefficient (Wildman–Crippen LogP) is 3.41. The van der Waals surface area contributed by atoms with E-state index in [4.69, 9.17) is 10.5 Å². The Labute approximate surface area is 111 Å². The lowest BCUT2D eigenvalue weighted by Crippen LogP contribution is -2.18. The van der Waals surface area contributed by atoms with Crippen molar-refractivity contribution < 1.29 is 4.74 Å². The summed E-state index contributed by atoms with van der Waals surface area (Å²) < 4.78 is 5.87. The molecule has 18 heavy (non-hydrogen) atoms. The zero-order valence-electron chi connectivity index (χ0n) is 12.3. The SMILES string of the molecule is CCCC(C)Oc1cc(CN)cc(C(C)(C)C)n1. The summed E-state index contributed by atoms with van der Waals surface area (Å²) in [5, 5.41) is 0. The van der Waals surface area contributed by atoms with E-state index in [1.807, 2.05) is 6.07 Å². The van der Waals surface area contributed by atoms with Gasteiger partial charge in [0.1, 0.15) is 0 Å². The van der Waals surface area contributed by atoms with E-state index in [0.29, 0.717) is 12.4 Å². The van der Waals surface area contributed by atoms with Gasteiger partial charge < -0.3 is 10.5 Å². The van der Waals surface area contributed by atoms with Crippen LogP contribution in [0.15, 0.2) is 12.1 Å². The van der Waals surface area contributed by atoms with Gasteiger partial charge in [0.2, 0.25) is 5.88 Å². The molecule has 1 aromatic rings. The highest BCUT2D eigenvalue weighted by Crippen LogP contribution is 2.24. The van der Waals surface area contributed by atoms with Gasteiger partial charge in [-0.05, 0) is 25.0 Å². The van der Waals surface area contributed by atoms with Gasteiger partial charge in [0, 0.05) is 18.0 Å². The molecule has 1 unspecified atom stereocenters. The summed E-state index contributed by atoms with van der Waals surface area (Å²) in [6.45, 7) is 11.2. The minimum absolute atomic E-state index is 0.0112. The van der Waals surface area contributed by atoms with E-state index in [9.17, 15) is 0 Å². The van der Waals surface area contributed by atoms with Crippen LogP contribution in [0.1, 0.15) is 58.7 Å². The normalized spacial score (nSPS) is 13.4. The van der Waals surface area contributed by atoms with Crippen molar-refractivity contribution in [3.63, 3.8) is 0 Å². The van der Waals surface area contributed by atoms with Crippen molar-refractivity contribution in [1.82, 2.24) is 4.98 Å². The second kappa shape index (κ2) is 6.19. The molecule has 1 aromatic heterocycles. The highest BCUT2D eigenvalue weighted by molar-refractivity contribution is 5.28. The Kier molecular flexibility index (Phi) is 5.15. The average Bonchev–Trinajstić information content (AvgIpc) is 2.27. The van der Waals surface area contributed by atoms with Gasteiger partial charge in [-0.2, -0.15) is 0 Å². The molecule has 0 radical (unpaired) electrons. The van der Waals surface area contributed by atoms with Crippen LogP contribution in [0, 0.1) is 0 Å². The van der Waals surface area contributed by atoms with Crippen molar-refractivity contribution in [1.29, 1.82) is 0 Å². The molecule has 0 amide bonds. The van der Waals surface area contributed by atoms with Crippen molar-refractivity contribution in [3.8, 4) is 5.88 Å². The molecular formula is C15H26N2O. The quantitative estimate of drug-likeness (QED) is 0.871. The number of nitrogens with two attached hydrogens (primary N) is 1. The van der Waals surface area contributed by atoms with E-state index in [2.05, 4.69) is 45.7 Å². The molecule has 0 saturated heterocycles. The second-order valence-corrected chi connectivity index (χ2v) is 5.87. The van der Waals surface area contributed by atoms with Crippen molar-refractivity contribution in [2.24, 2.45) is 5.73 Å². The molecule has 3 heteroatoms. The molecule has 1 heterocycles. The molecule has 0 fully saturated rings. The molecule has 2 N–H and O–H groups in total. The Morgan fingerprint density at radius 1 is 1.33 bits per heavy atom. The lowest BCUT2D eigenvalue weighted by atomic mass is 9.91. The van der Waals surface area contributed by atoms with E-state index < -0.39 is 0 Å². The Balaban J connectivity index is 2.97. The maximum Gasteiger partial charge on any atom is 0.214 e. The summed E-state index contributed by atoms with van der Waals surface area (Å²) in [5.41, 5.74) is 7.86. The molecule has 0 spiro atoms. The summed E-state index contributed by atoms with van der Waals surface area (Å²) in [7, 11) is 0. The van der Waals surface area contributed by atoms with Crippen LogP contribution in [-0.4, -0.2) is 11.1 Å². The average molecular weight is 250 g/mol. The van der Waals surface area contributed by atoms with Crippen LogP contribution in [0.3, 0.4) is 0 Å². The first kappa shape index (κ1) is 15.0. The Morgan fingerprint density at radius 2 is 2.00 bits per heavy atom. The third-order valence-electron chi connectivity index (χ3n) is 2.88. The smallest absolute Gasteiger partial charge is 0.214 e. The largest absolute Gasteiger partial charge is 0.475 e. The van der Waals surface area contributed by atoms with Crippen LogP contribution in [0.4, 0.5) is 0 Å². The van der Waals surface area contributed by atoms with Crippen LogP contribution in [0.2, 0.25) is 0 Å². The number of hydrogen-bond acceptors (Lipinski definition) is 3. The third-order valence-corrected chi connectivity index (χ3v) is 2.88. The molecule has 0 bridgehead atoms. The second-order valence-electron chi connectivity index (χ2n) is 5.87. The fourth-order valence-corrected chi connectivity index (χ4v) is 1.79. The van der Waals surface area contributed by atoms with Gasteiger partial charge in [0.05, 0.1) is 11.8 Å². The van der Waals surface area contributed by atoms with Gasteiger partial charge in [-0.1, -0.05) is 34.1 Å². The lowest BCUT2D eigenvalue weighted by molar-refractivity contribution is 0.200. The predicted molar refractivity (Wildman–Crippen MR) is 75.8 cm³/mol. The van der Waals surface area contributed by atoms with Gasteiger partial charge >= 0.3 is 0 Å². The first-order valence-electron chi connectivity index (χ1n) is 6.75. The molecule has 3 nitrogen and oxygen atoms in total. The summed E-state index contributed by atoms with van der Waals surface area (Å²) in [5.74, 6) is 0.698. The van der Waals surface area contributed by atoms with Gasteiger partial charge in [-0.25, -0.2) is 4.98 Å². The molecule has 0 aromatic carbocycles. The van der Waals surface area contributed by atoms with E-state index in [0.717, 1.165) is 24.1 Å². The minimum Gasteiger partial charge on any atom is -0.475 e. The number of pyridine rings is 1. The van der Waals surface area contributed by atoms with Crippen LogP contribution in [0.25, 0.3) is 0 Å². The Morgan fingerprint density at radius 3 is 2.50 bits per heavy atom. The zero-order valence-corrected chi connectivity index (χ0v) is 12.3. The van der Waals surface area contributed by atoms with E-state index >= 15 is 0 Å². The van der Waals surface area contributed by atoms with E-state index in [-0.39, 0.29) is 11.5 Å². The number of rotatable bonds is 5. The van der Waals surface area contributed by atoms with Gasteiger partial charge in [-0.3, -0.25) is 0 Å². The number of ether oxygens (including phenoxy) is 1. The molecule has 1 rings (SSSR count).